The van der Waals surface area contributed by atoms with Crippen LogP contribution in [0.25, 0.3) is 0 Å². The van der Waals surface area contributed by atoms with Crippen molar-refractivity contribution in [3.8, 4) is 0 Å². The summed E-state index contributed by atoms with van der Waals surface area (Å²) in [5.74, 6) is 0. The normalized spacial score (nSPS) is 37.0. The van der Waals surface area contributed by atoms with Crippen LogP contribution in [0.3, 0.4) is 0 Å². The van der Waals surface area contributed by atoms with Gasteiger partial charge in [-0.15, -0.1) is 0 Å². The number of hydrogen-bond donors (Lipinski definition) is 1. The molecule has 104 valence electrons. The minimum Gasteiger partial charge on any atom is -0.330 e. The number of likely N-dealkylation sites (tertiary alicyclic amines) is 1. The molecule has 2 saturated heterocycles. The molecule has 18 heavy (non-hydrogen) atoms. The third-order valence-corrected chi connectivity index (χ3v) is 5.89. The second kappa shape index (κ2) is 5.10. The smallest absolute Gasteiger partial charge is 0.0223 e. The van der Waals surface area contributed by atoms with Gasteiger partial charge in [0.05, 0.1) is 0 Å². The van der Waals surface area contributed by atoms with Gasteiger partial charge in [0.1, 0.15) is 0 Å². The minimum atomic E-state index is 0.460. The third kappa shape index (κ3) is 2.33. The van der Waals surface area contributed by atoms with Gasteiger partial charge in [-0.1, -0.05) is 12.8 Å². The third-order valence-electron chi connectivity index (χ3n) is 5.89. The average Bonchev–Trinajstić information content (AvgIpc) is 2.90. The highest BCUT2D eigenvalue weighted by Gasteiger charge is 2.39. The van der Waals surface area contributed by atoms with Gasteiger partial charge in [-0.2, -0.15) is 0 Å². The summed E-state index contributed by atoms with van der Waals surface area (Å²) in [7, 11) is 2.33. The topological polar surface area (TPSA) is 32.5 Å². The molecule has 2 heterocycles. The standard InChI is InChI=1S/C15H29N3/c1-17-13-4-5-14(17)10-18(9-6-13)12-15(11-16)7-2-3-8-15/h13-14H,2-12,16H2,1H3. The number of rotatable bonds is 3. The van der Waals surface area contributed by atoms with Crippen LogP contribution in [-0.4, -0.2) is 55.1 Å². The molecule has 3 rings (SSSR count). The van der Waals surface area contributed by atoms with E-state index in [0.29, 0.717) is 5.41 Å². The molecule has 2 unspecified atom stereocenters. The maximum atomic E-state index is 6.09. The molecule has 0 aromatic heterocycles. The molecule has 3 fully saturated rings. The van der Waals surface area contributed by atoms with Crippen LogP contribution in [0.15, 0.2) is 0 Å². The lowest BCUT2D eigenvalue weighted by atomic mass is 9.85. The first-order chi connectivity index (χ1) is 8.72. The predicted molar refractivity (Wildman–Crippen MR) is 75.6 cm³/mol. The summed E-state index contributed by atoms with van der Waals surface area (Å²) in [4.78, 5) is 5.38. The zero-order valence-electron chi connectivity index (χ0n) is 11.9. The molecule has 1 aliphatic carbocycles. The number of hydrogen-bond acceptors (Lipinski definition) is 3. The number of fused-ring (bicyclic) bond motifs is 2. The molecule has 0 aromatic rings. The second-order valence-corrected chi connectivity index (χ2v) is 6.99. The van der Waals surface area contributed by atoms with E-state index in [0.717, 1.165) is 18.6 Å². The minimum absolute atomic E-state index is 0.460. The van der Waals surface area contributed by atoms with Gasteiger partial charge in [-0.05, 0) is 57.7 Å². The molecule has 1 saturated carbocycles. The largest absolute Gasteiger partial charge is 0.330 e. The molecule has 0 radical (unpaired) electrons. The molecular formula is C15H29N3. The van der Waals surface area contributed by atoms with Crippen LogP contribution in [0.5, 0.6) is 0 Å². The summed E-state index contributed by atoms with van der Waals surface area (Å²) in [5.41, 5.74) is 6.55. The van der Waals surface area contributed by atoms with E-state index in [1.54, 1.807) is 0 Å². The van der Waals surface area contributed by atoms with Gasteiger partial charge in [-0.25, -0.2) is 0 Å². The van der Waals surface area contributed by atoms with Crippen LogP contribution in [-0.2, 0) is 0 Å². The summed E-state index contributed by atoms with van der Waals surface area (Å²) in [5, 5.41) is 0. The molecule has 0 aromatic carbocycles. The molecule has 3 heteroatoms. The monoisotopic (exact) mass is 251 g/mol. The Morgan fingerprint density at radius 3 is 2.56 bits per heavy atom. The van der Waals surface area contributed by atoms with E-state index in [4.69, 9.17) is 5.73 Å². The SMILES string of the molecule is CN1C2CCC1CN(CC1(CN)CCCC1)CC2. The van der Waals surface area contributed by atoms with Crippen LogP contribution in [0, 0.1) is 5.41 Å². The Hall–Kier alpha value is -0.120. The highest BCUT2D eigenvalue weighted by molar-refractivity contribution is 4.94. The summed E-state index contributed by atoms with van der Waals surface area (Å²) < 4.78 is 0. The van der Waals surface area contributed by atoms with E-state index < -0.39 is 0 Å². The fraction of sp³-hybridized carbons (Fsp3) is 1.00. The Balaban J connectivity index is 1.63. The van der Waals surface area contributed by atoms with E-state index in [-0.39, 0.29) is 0 Å². The van der Waals surface area contributed by atoms with E-state index in [1.807, 2.05) is 0 Å². The van der Waals surface area contributed by atoms with Crippen molar-refractivity contribution in [2.24, 2.45) is 11.1 Å². The van der Waals surface area contributed by atoms with Crippen molar-refractivity contribution >= 4 is 0 Å². The Morgan fingerprint density at radius 1 is 1.11 bits per heavy atom. The number of nitrogens with two attached hydrogens (primary N) is 1. The molecule has 3 aliphatic rings. The Morgan fingerprint density at radius 2 is 1.83 bits per heavy atom. The van der Waals surface area contributed by atoms with Crippen LogP contribution in [0.4, 0.5) is 0 Å². The van der Waals surface area contributed by atoms with Crippen molar-refractivity contribution < 1.29 is 0 Å². The van der Waals surface area contributed by atoms with Crippen LogP contribution >= 0.6 is 0 Å². The van der Waals surface area contributed by atoms with Crippen molar-refractivity contribution in [1.82, 2.24) is 9.80 Å². The predicted octanol–water partition coefficient (Wildman–Crippen LogP) is 1.67. The zero-order chi connectivity index (χ0) is 12.6. The van der Waals surface area contributed by atoms with Gasteiger partial charge < -0.3 is 10.6 Å². The zero-order valence-corrected chi connectivity index (χ0v) is 11.9. The maximum absolute atomic E-state index is 6.09. The molecule has 2 N–H and O–H groups in total. The highest BCUT2D eigenvalue weighted by atomic mass is 15.3. The van der Waals surface area contributed by atoms with Crippen molar-refractivity contribution in [1.29, 1.82) is 0 Å². The molecular weight excluding hydrogens is 222 g/mol. The summed E-state index contributed by atoms with van der Waals surface area (Å²) >= 11 is 0. The first-order valence-corrected chi connectivity index (χ1v) is 7.87. The fourth-order valence-electron chi connectivity index (χ4n) is 4.55. The van der Waals surface area contributed by atoms with Gasteiger partial charge in [-0.3, -0.25) is 4.90 Å². The average molecular weight is 251 g/mol. The molecule has 0 spiro atoms. The highest BCUT2D eigenvalue weighted by Crippen LogP contribution is 2.39. The first kappa shape index (κ1) is 12.9. The van der Waals surface area contributed by atoms with E-state index in [1.165, 1.54) is 64.6 Å². The Bertz CT molecular complexity index is 285. The lowest BCUT2D eigenvalue weighted by Crippen LogP contribution is -2.44. The van der Waals surface area contributed by atoms with Gasteiger partial charge in [0.2, 0.25) is 0 Å². The molecule has 2 bridgehead atoms. The van der Waals surface area contributed by atoms with Crippen LogP contribution in [0.2, 0.25) is 0 Å². The quantitative estimate of drug-likeness (QED) is 0.828. The first-order valence-electron chi connectivity index (χ1n) is 7.87. The van der Waals surface area contributed by atoms with Crippen molar-refractivity contribution in [3.05, 3.63) is 0 Å². The fourth-order valence-corrected chi connectivity index (χ4v) is 4.55. The lowest BCUT2D eigenvalue weighted by molar-refractivity contribution is 0.144. The van der Waals surface area contributed by atoms with Gasteiger partial charge in [0, 0.05) is 25.2 Å². The lowest BCUT2D eigenvalue weighted by Gasteiger charge is -2.35. The maximum Gasteiger partial charge on any atom is 0.0223 e. The number of likely N-dealkylation sites (N-methyl/N-ethyl adjacent to an activating group) is 1. The molecule has 0 amide bonds. The van der Waals surface area contributed by atoms with E-state index >= 15 is 0 Å². The van der Waals surface area contributed by atoms with E-state index in [2.05, 4.69) is 16.8 Å². The van der Waals surface area contributed by atoms with Crippen LogP contribution < -0.4 is 5.73 Å². The summed E-state index contributed by atoms with van der Waals surface area (Å²) in [6.07, 6.45) is 9.74. The molecule has 2 atom stereocenters. The second-order valence-electron chi connectivity index (χ2n) is 6.99. The summed E-state index contributed by atoms with van der Waals surface area (Å²) in [6, 6.07) is 1.67. The van der Waals surface area contributed by atoms with Crippen molar-refractivity contribution in [3.63, 3.8) is 0 Å². The van der Waals surface area contributed by atoms with Crippen molar-refractivity contribution in [2.75, 3.05) is 33.2 Å². The number of nitrogens with zero attached hydrogens (tertiary/aromatic N) is 2. The van der Waals surface area contributed by atoms with E-state index in [9.17, 15) is 0 Å². The summed E-state index contributed by atoms with van der Waals surface area (Å²) in [6.45, 7) is 4.75. The van der Waals surface area contributed by atoms with Gasteiger partial charge in [0.15, 0.2) is 0 Å². The van der Waals surface area contributed by atoms with Crippen molar-refractivity contribution in [2.45, 2.75) is 57.0 Å². The van der Waals surface area contributed by atoms with Gasteiger partial charge >= 0.3 is 0 Å². The molecule has 3 nitrogen and oxygen atoms in total. The molecule has 2 aliphatic heterocycles. The van der Waals surface area contributed by atoms with Gasteiger partial charge in [0.25, 0.3) is 0 Å². The van der Waals surface area contributed by atoms with Crippen LogP contribution in [0.1, 0.15) is 44.9 Å². The Labute approximate surface area is 112 Å². The Kier molecular flexibility index (Phi) is 3.65.